The highest BCUT2D eigenvalue weighted by atomic mass is 35.5. The van der Waals surface area contributed by atoms with E-state index in [4.69, 9.17) is 21.6 Å². The Morgan fingerprint density at radius 1 is 1.28 bits per heavy atom. The molecular formula is C19H16ClF3N4O4S. The van der Waals surface area contributed by atoms with Gasteiger partial charge in [0.15, 0.2) is 6.61 Å². The summed E-state index contributed by atoms with van der Waals surface area (Å²) in [5, 5.41) is 11.9. The molecule has 0 aliphatic rings. The van der Waals surface area contributed by atoms with Gasteiger partial charge in [-0.1, -0.05) is 11.6 Å². The van der Waals surface area contributed by atoms with Gasteiger partial charge in [0, 0.05) is 0 Å². The van der Waals surface area contributed by atoms with Crippen LogP contribution in [0.15, 0.2) is 47.6 Å². The van der Waals surface area contributed by atoms with Crippen molar-refractivity contribution < 1.29 is 31.1 Å². The van der Waals surface area contributed by atoms with E-state index in [1.165, 1.54) is 6.21 Å². The van der Waals surface area contributed by atoms with Gasteiger partial charge in [0.2, 0.25) is 10.0 Å². The molecule has 0 bridgehead atoms. The maximum absolute atomic E-state index is 13.0. The highest BCUT2D eigenvalue weighted by Crippen LogP contribution is 2.36. The van der Waals surface area contributed by atoms with Gasteiger partial charge < -0.3 is 4.74 Å². The van der Waals surface area contributed by atoms with Crippen molar-refractivity contribution in [2.24, 2.45) is 5.10 Å². The number of carbonyl (C=O) groups is 1. The number of sulfonamides is 1. The monoisotopic (exact) mass is 488 g/mol. The Bertz CT molecular complexity index is 1150. The smallest absolute Gasteiger partial charge is 0.416 e. The van der Waals surface area contributed by atoms with Gasteiger partial charge in [0.25, 0.3) is 5.91 Å². The molecule has 8 nitrogen and oxygen atoms in total. The SMILES string of the molecule is CS(=O)(=O)N(CC(=O)N/N=C\c1ccc(OCC#N)cc1)c1cc(C(F)(F)F)ccc1Cl. The number of hydrazone groups is 1. The zero-order valence-corrected chi connectivity index (χ0v) is 18.0. The van der Waals surface area contributed by atoms with Gasteiger partial charge in [0.1, 0.15) is 18.4 Å². The van der Waals surface area contributed by atoms with Crippen LogP contribution in [0.25, 0.3) is 0 Å². The summed E-state index contributed by atoms with van der Waals surface area (Å²) >= 11 is 5.90. The Labute approximate surface area is 186 Å². The van der Waals surface area contributed by atoms with Gasteiger partial charge in [-0.2, -0.15) is 23.5 Å². The minimum atomic E-state index is -4.73. The normalized spacial score (nSPS) is 11.8. The van der Waals surface area contributed by atoms with Crippen molar-refractivity contribution in [3.63, 3.8) is 0 Å². The maximum atomic E-state index is 13.0. The minimum absolute atomic E-state index is 0.115. The lowest BCUT2D eigenvalue weighted by Crippen LogP contribution is -2.39. The van der Waals surface area contributed by atoms with E-state index in [9.17, 15) is 26.4 Å². The van der Waals surface area contributed by atoms with E-state index in [0.717, 1.165) is 12.3 Å². The van der Waals surface area contributed by atoms with Crippen LogP contribution in [0.2, 0.25) is 5.02 Å². The summed E-state index contributed by atoms with van der Waals surface area (Å²) in [6.45, 7) is -0.964. The predicted octanol–water partition coefficient (Wildman–Crippen LogP) is 3.18. The van der Waals surface area contributed by atoms with Crippen LogP contribution in [0, 0.1) is 11.3 Å². The van der Waals surface area contributed by atoms with E-state index >= 15 is 0 Å². The lowest BCUT2D eigenvalue weighted by molar-refractivity contribution is -0.137. The number of rotatable bonds is 8. The third kappa shape index (κ3) is 7.14. The molecule has 2 aromatic rings. The summed E-state index contributed by atoms with van der Waals surface area (Å²) in [4.78, 5) is 12.2. The molecule has 0 saturated carbocycles. The fourth-order valence-corrected chi connectivity index (χ4v) is 3.50. The molecule has 13 heteroatoms. The molecule has 0 heterocycles. The molecule has 0 saturated heterocycles. The Hall–Kier alpha value is -3.30. The predicted molar refractivity (Wildman–Crippen MR) is 112 cm³/mol. The second-order valence-corrected chi connectivity index (χ2v) is 8.56. The number of anilines is 1. The van der Waals surface area contributed by atoms with Crippen LogP contribution in [0.1, 0.15) is 11.1 Å². The summed E-state index contributed by atoms with van der Waals surface area (Å²) in [6, 6.07) is 10.3. The summed E-state index contributed by atoms with van der Waals surface area (Å²) < 4.78 is 68.8. The number of hydrogen-bond acceptors (Lipinski definition) is 6. The first kappa shape index (κ1) is 25.0. The van der Waals surface area contributed by atoms with Gasteiger partial charge in [-0.05, 0) is 48.0 Å². The summed E-state index contributed by atoms with van der Waals surface area (Å²) in [5.41, 5.74) is 1.04. The van der Waals surface area contributed by atoms with E-state index in [1.54, 1.807) is 24.3 Å². The molecule has 0 aliphatic heterocycles. The molecule has 0 radical (unpaired) electrons. The van der Waals surface area contributed by atoms with E-state index < -0.39 is 39.9 Å². The molecule has 0 aromatic heterocycles. The quantitative estimate of drug-likeness (QED) is 0.453. The number of nitriles is 1. The first-order chi connectivity index (χ1) is 14.9. The number of nitrogens with one attached hydrogen (secondary N) is 1. The number of ether oxygens (including phenoxy) is 1. The molecule has 0 unspecified atom stereocenters. The fourth-order valence-electron chi connectivity index (χ4n) is 2.37. The van der Waals surface area contributed by atoms with Crippen molar-refractivity contribution >= 4 is 39.4 Å². The Balaban J connectivity index is 2.13. The van der Waals surface area contributed by atoms with Gasteiger partial charge in [0.05, 0.1) is 28.7 Å². The van der Waals surface area contributed by atoms with E-state index in [2.05, 4.69) is 10.5 Å². The Morgan fingerprint density at radius 3 is 2.50 bits per heavy atom. The molecule has 32 heavy (non-hydrogen) atoms. The number of alkyl halides is 3. The van der Waals surface area contributed by atoms with Gasteiger partial charge in [-0.15, -0.1) is 0 Å². The second-order valence-electron chi connectivity index (χ2n) is 6.24. The molecule has 0 spiro atoms. The van der Waals surface area contributed by atoms with Crippen molar-refractivity contribution in [2.45, 2.75) is 6.18 Å². The number of carbonyl (C=O) groups excluding carboxylic acids is 1. The summed E-state index contributed by atoms with van der Waals surface area (Å²) in [5.74, 6) is -0.455. The Kier molecular flexibility index (Phi) is 8.07. The molecule has 1 amide bonds. The van der Waals surface area contributed by atoms with Crippen LogP contribution in [0.4, 0.5) is 18.9 Å². The maximum Gasteiger partial charge on any atom is 0.416 e. The van der Waals surface area contributed by atoms with Crippen molar-refractivity contribution in [3.8, 4) is 11.8 Å². The van der Waals surface area contributed by atoms with Crippen LogP contribution < -0.4 is 14.5 Å². The van der Waals surface area contributed by atoms with Crippen molar-refractivity contribution in [3.05, 3.63) is 58.6 Å². The van der Waals surface area contributed by atoms with Crippen molar-refractivity contribution in [1.29, 1.82) is 5.26 Å². The van der Waals surface area contributed by atoms with Crippen LogP contribution in [-0.2, 0) is 21.0 Å². The first-order valence-corrected chi connectivity index (χ1v) is 10.9. The van der Waals surface area contributed by atoms with Gasteiger partial charge in [-0.3, -0.25) is 9.10 Å². The van der Waals surface area contributed by atoms with Crippen molar-refractivity contribution in [1.82, 2.24) is 5.43 Å². The highest BCUT2D eigenvalue weighted by Gasteiger charge is 2.33. The largest absolute Gasteiger partial charge is 0.479 e. The first-order valence-electron chi connectivity index (χ1n) is 8.68. The standard InChI is InChI=1S/C19H16ClF3N4O4S/c1-32(29,30)27(17-10-14(19(21,22)23)4-7-16(17)20)12-18(28)26-25-11-13-2-5-15(6-3-13)31-9-8-24/h2-7,10-11H,9,12H2,1H3,(H,26,28)/b25-11-. The van der Waals surface area contributed by atoms with E-state index in [0.29, 0.717) is 27.8 Å². The van der Waals surface area contributed by atoms with E-state index in [-0.39, 0.29) is 11.6 Å². The molecule has 2 aromatic carbocycles. The lowest BCUT2D eigenvalue weighted by Gasteiger charge is -2.23. The average molecular weight is 489 g/mol. The third-order valence-corrected chi connectivity index (χ3v) is 5.26. The summed E-state index contributed by atoms with van der Waals surface area (Å²) in [7, 11) is -4.16. The van der Waals surface area contributed by atoms with Crippen LogP contribution in [-0.4, -0.2) is 39.9 Å². The highest BCUT2D eigenvalue weighted by molar-refractivity contribution is 7.92. The molecule has 0 aliphatic carbocycles. The third-order valence-electron chi connectivity index (χ3n) is 3.82. The topological polar surface area (TPSA) is 112 Å². The molecular weight excluding hydrogens is 473 g/mol. The zero-order valence-electron chi connectivity index (χ0n) is 16.4. The number of hydrogen-bond donors (Lipinski definition) is 1. The molecule has 1 N–H and O–H groups in total. The van der Waals surface area contributed by atoms with Crippen LogP contribution in [0.5, 0.6) is 5.75 Å². The second kappa shape index (κ2) is 10.3. The zero-order chi connectivity index (χ0) is 23.9. The Morgan fingerprint density at radius 2 is 1.94 bits per heavy atom. The lowest BCUT2D eigenvalue weighted by atomic mass is 10.2. The van der Waals surface area contributed by atoms with Crippen molar-refractivity contribution in [2.75, 3.05) is 23.7 Å². The molecule has 2 rings (SSSR count). The minimum Gasteiger partial charge on any atom is -0.479 e. The molecule has 0 fully saturated rings. The molecule has 170 valence electrons. The number of benzene rings is 2. The number of halogens is 4. The summed E-state index contributed by atoms with van der Waals surface area (Å²) in [6.07, 6.45) is -2.74. The molecule has 0 atom stereocenters. The van der Waals surface area contributed by atoms with Crippen LogP contribution >= 0.6 is 11.6 Å². The fraction of sp³-hybridized carbons (Fsp3) is 0.211. The van der Waals surface area contributed by atoms with Gasteiger partial charge in [-0.25, -0.2) is 13.8 Å². The van der Waals surface area contributed by atoms with E-state index in [1.807, 2.05) is 6.07 Å². The average Bonchev–Trinajstić information content (AvgIpc) is 2.70. The number of nitrogens with zero attached hydrogens (tertiary/aromatic N) is 3. The van der Waals surface area contributed by atoms with Gasteiger partial charge >= 0.3 is 6.18 Å². The number of amides is 1. The van der Waals surface area contributed by atoms with Crippen LogP contribution in [0.3, 0.4) is 0 Å².